The number of alkyl carbamates (subject to hydrolysis) is 1. The van der Waals surface area contributed by atoms with Crippen LogP contribution in [0.3, 0.4) is 0 Å². The highest BCUT2D eigenvalue weighted by atomic mass is 16.6. The fourth-order valence-corrected chi connectivity index (χ4v) is 3.06. The lowest BCUT2D eigenvalue weighted by Crippen LogP contribution is -2.53. The van der Waals surface area contributed by atoms with Gasteiger partial charge in [-0.1, -0.05) is 26.2 Å². The van der Waals surface area contributed by atoms with Crippen LogP contribution in [-0.2, 0) is 28.7 Å². The van der Waals surface area contributed by atoms with Crippen LogP contribution in [0.2, 0.25) is 0 Å². The number of ether oxygens (including phenoxy) is 1. The van der Waals surface area contributed by atoms with Crippen molar-refractivity contribution in [1.29, 1.82) is 0 Å². The number of carboxylic acid groups (broad SMARTS) is 3. The van der Waals surface area contributed by atoms with Crippen molar-refractivity contribution in [3.8, 4) is 0 Å². The summed E-state index contributed by atoms with van der Waals surface area (Å²) in [5.41, 5.74) is 5.43. The molecule has 14 heteroatoms. The summed E-state index contributed by atoms with van der Waals surface area (Å²) in [6.45, 7) is 4.47. The zero-order valence-corrected chi connectivity index (χ0v) is 20.8. The molecule has 0 aliphatic carbocycles. The van der Waals surface area contributed by atoms with Gasteiger partial charge in [-0.25, -0.2) is 9.59 Å². The van der Waals surface area contributed by atoms with Crippen molar-refractivity contribution < 1.29 is 48.8 Å². The molecule has 8 N–H and O–H groups in total. The SMILES string of the molecule is CCCCCCC(=O)N[C@H](C(=O)O)[C@@H](C)OC(=O)N[C@@H](CCC[C@H](N)C(=O)O)C(=O)N[C@H](C)C(=O)O. The first-order valence-electron chi connectivity index (χ1n) is 11.8. The number of rotatable bonds is 18. The number of unbranched alkanes of at least 4 members (excludes halogenated alkanes) is 3. The standard InChI is InChI=1S/C22H38N4O10/c1-4-5-6-7-11-16(27)26-17(21(33)34)13(3)36-22(35)25-15(10-8-9-14(23)20(31)32)18(28)24-12(2)19(29)30/h12-15,17H,4-11,23H2,1-3H3,(H,24,28)(H,25,35)(H,26,27)(H,29,30)(H,31,32)(H,33,34)/t12-,13-,14+,15+,17+/m1/s1. The number of nitrogens with two attached hydrogens (primary N) is 1. The van der Waals surface area contributed by atoms with E-state index in [1.165, 1.54) is 13.8 Å². The first kappa shape index (κ1) is 32.6. The summed E-state index contributed by atoms with van der Waals surface area (Å²) < 4.78 is 5.06. The normalized spacial score (nSPS) is 14.9. The molecule has 5 atom stereocenters. The second kappa shape index (κ2) is 17.1. The minimum atomic E-state index is -1.54. The molecule has 0 saturated carbocycles. The third kappa shape index (κ3) is 13.5. The highest BCUT2D eigenvalue weighted by molar-refractivity contribution is 5.89. The molecule has 3 amide bonds. The van der Waals surface area contributed by atoms with Crippen molar-refractivity contribution >= 4 is 35.8 Å². The molecule has 0 aromatic rings. The zero-order chi connectivity index (χ0) is 27.8. The Bertz CT molecular complexity index is 776. The second-order valence-corrected chi connectivity index (χ2v) is 8.45. The van der Waals surface area contributed by atoms with Crippen LogP contribution in [0.15, 0.2) is 0 Å². The topological polar surface area (TPSA) is 234 Å². The Morgan fingerprint density at radius 3 is 1.97 bits per heavy atom. The molecular formula is C22H38N4O10. The Balaban J connectivity index is 5.14. The molecule has 0 fully saturated rings. The number of carbonyl (C=O) groups excluding carboxylic acids is 3. The number of carbonyl (C=O) groups is 6. The van der Waals surface area contributed by atoms with Crippen LogP contribution in [0.25, 0.3) is 0 Å². The van der Waals surface area contributed by atoms with Crippen LogP contribution in [0.1, 0.15) is 72.1 Å². The third-order valence-electron chi connectivity index (χ3n) is 5.27. The van der Waals surface area contributed by atoms with Gasteiger partial charge in [0.25, 0.3) is 0 Å². The number of carboxylic acids is 3. The average Bonchev–Trinajstić information content (AvgIpc) is 2.78. The van der Waals surface area contributed by atoms with Gasteiger partial charge in [0.05, 0.1) is 0 Å². The van der Waals surface area contributed by atoms with E-state index in [1.54, 1.807) is 0 Å². The molecule has 0 spiro atoms. The Labute approximate surface area is 209 Å². The van der Waals surface area contributed by atoms with Crippen LogP contribution in [-0.4, -0.2) is 81.4 Å². The van der Waals surface area contributed by atoms with E-state index in [0.29, 0.717) is 6.42 Å². The number of hydrogen-bond acceptors (Lipinski definition) is 8. The van der Waals surface area contributed by atoms with Crippen LogP contribution < -0.4 is 21.7 Å². The first-order valence-corrected chi connectivity index (χ1v) is 11.8. The van der Waals surface area contributed by atoms with E-state index in [4.69, 9.17) is 20.7 Å². The molecule has 206 valence electrons. The quantitative estimate of drug-likeness (QED) is 0.121. The summed E-state index contributed by atoms with van der Waals surface area (Å²) in [6, 6.07) is -5.33. The molecule has 14 nitrogen and oxygen atoms in total. The third-order valence-corrected chi connectivity index (χ3v) is 5.27. The summed E-state index contributed by atoms with van der Waals surface area (Å²) >= 11 is 0. The predicted octanol–water partition coefficient (Wildman–Crippen LogP) is 0.181. The van der Waals surface area contributed by atoms with E-state index >= 15 is 0 Å². The van der Waals surface area contributed by atoms with E-state index in [2.05, 4.69) is 16.0 Å². The molecule has 0 aromatic heterocycles. The van der Waals surface area contributed by atoms with E-state index in [-0.39, 0.29) is 25.7 Å². The number of aliphatic carboxylic acids is 3. The van der Waals surface area contributed by atoms with E-state index in [0.717, 1.165) is 19.3 Å². The zero-order valence-electron chi connectivity index (χ0n) is 20.8. The smallest absolute Gasteiger partial charge is 0.408 e. The molecule has 0 unspecified atom stereocenters. The number of amides is 3. The van der Waals surface area contributed by atoms with Gasteiger partial charge in [0.15, 0.2) is 6.04 Å². The Morgan fingerprint density at radius 2 is 1.44 bits per heavy atom. The first-order chi connectivity index (χ1) is 16.8. The van der Waals surface area contributed by atoms with Gasteiger partial charge in [0, 0.05) is 6.42 Å². The molecule has 0 aromatic carbocycles. The lowest BCUT2D eigenvalue weighted by Gasteiger charge is -2.24. The lowest BCUT2D eigenvalue weighted by molar-refractivity contribution is -0.145. The monoisotopic (exact) mass is 518 g/mol. The Morgan fingerprint density at radius 1 is 0.806 bits per heavy atom. The fraction of sp³-hybridized carbons (Fsp3) is 0.727. The van der Waals surface area contributed by atoms with Crippen LogP contribution >= 0.6 is 0 Å². The van der Waals surface area contributed by atoms with E-state index in [9.17, 15) is 33.9 Å². The molecule has 0 radical (unpaired) electrons. The molecule has 0 rings (SSSR count). The highest BCUT2D eigenvalue weighted by Gasteiger charge is 2.31. The molecular weight excluding hydrogens is 480 g/mol. The van der Waals surface area contributed by atoms with Gasteiger partial charge >= 0.3 is 24.0 Å². The van der Waals surface area contributed by atoms with Crippen molar-refractivity contribution in [3.63, 3.8) is 0 Å². The van der Waals surface area contributed by atoms with Gasteiger partial charge in [-0.3, -0.25) is 19.2 Å². The van der Waals surface area contributed by atoms with Crippen LogP contribution in [0.5, 0.6) is 0 Å². The summed E-state index contributed by atoms with van der Waals surface area (Å²) in [7, 11) is 0. The maximum atomic E-state index is 12.5. The van der Waals surface area contributed by atoms with Crippen LogP contribution in [0, 0.1) is 0 Å². The molecule has 36 heavy (non-hydrogen) atoms. The van der Waals surface area contributed by atoms with Crippen LogP contribution in [0.4, 0.5) is 4.79 Å². The van der Waals surface area contributed by atoms with Crippen molar-refractivity contribution in [2.75, 3.05) is 0 Å². The van der Waals surface area contributed by atoms with Crippen molar-refractivity contribution in [1.82, 2.24) is 16.0 Å². The van der Waals surface area contributed by atoms with Gasteiger partial charge in [0.2, 0.25) is 11.8 Å². The minimum Gasteiger partial charge on any atom is -0.480 e. The summed E-state index contributed by atoms with van der Waals surface area (Å²) in [5, 5.41) is 34.0. The maximum Gasteiger partial charge on any atom is 0.408 e. The van der Waals surface area contributed by atoms with Gasteiger partial charge in [-0.15, -0.1) is 0 Å². The second-order valence-electron chi connectivity index (χ2n) is 8.45. The van der Waals surface area contributed by atoms with Crippen molar-refractivity contribution in [2.45, 2.75) is 102 Å². The molecule has 0 aliphatic heterocycles. The van der Waals surface area contributed by atoms with Crippen molar-refractivity contribution in [2.24, 2.45) is 5.73 Å². The van der Waals surface area contributed by atoms with Crippen molar-refractivity contribution in [3.05, 3.63) is 0 Å². The fourth-order valence-electron chi connectivity index (χ4n) is 3.06. The summed E-state index contributed by atoms with van der Waals surface area (Å²) in [6.07, 6.45) is 0.903. The minimum absolute atomic E-state index is 0.0217. The van der Waals surface area contributed by atoms with Gasteiger partial charge in [-0.2, -0.15) is 0 Å². The lowest BCUT2D eigenvalue weighted by atomic mass is 10.0. The van der Waals surface area contributed by atoms with E-state index < -0.39 is 66.1 Å². The van der Waals surface area contributed by atoms with Gasteiger partial charge < -0.3 is 41.7 Å². The maximum absolute atomic E-state index is 12.5. The van der Waals surface area contributed by atoms with E-state index in [1.807, 2.05) is 6.92 Å². The molecule has 0 aliphatic rings. The average molecular weight is 519 g/mol. The Kier molecular flexibility index (Phi) is 15.5. The largest absolute Gasteiger partial charge is 0.480 e. The van der Waals surface area contributed by atoms with Gasteiger partial charge in [-0.05, 0) is 39.5 Å². The summed E-state index contributed by atoms with van der Waals surface area (Å²) in [4.78, 5) is 70.5. The van der Waals surface area contributed by atoms with Gasteiger partial charge in [0.1, 0.15) is 24.2 Å². The molecule has 0 heterocycles. The number of nitrogens with one attached hydrogen (secondary N) is 3. The molecule has 0 bridgehead atoms. The highest BCUT2D eigenvalue weighted by Crippen LogP contribution is 2.08. The summed E-state index contributed by atoms with van der Waals surface area (Å²) in [5.74, 6) is -5.37. The number of hydrogen-bond donors (Lipinski definition) is 7. The molecule has 0 saturated heterocycles. The predicted molar refractivity (Wildman–Crippen MR) is 126 cm³/mol. The Hall–Kier alpha value is -3.42.